The van der Waals surface area contributed by atoms with Crippen molar-refractivity contribution in [2.24, 2.45) is 4.99 Å². The lowest BCUT2D eigenvalue weighted by Gasteiger charge is -2.43. The van der Waals surface area contributed by atoms with E-state index in [1.807, 2.05) is 6.92 Å². The molecule has 0 spiro atoms. The topological polar surface area (TPSA) is 68.0 Å². The Balaban J connectivity index is 2.05. The van der Waals surface area contributed by atoms with Crippen LogP contribution >= 0.6 is 0 Å². The molecular weight excluding hydrogens is 366 g/mol. The fourth-order valence-electron chi connectivity index (χ4n) is 4.01. The quantitative estimate of drug-likeness (QED) is 0.372. The maximum absolute atomic E-state index is 10.9. The van der Waals surface area contributed by atoms with Gasteiger partial charge in [-0.05, 0) is 57.9 Å². The second kappa shape index (κ2) is 7.70. The highest BCUT2D eigenvalue weighted by Gasteiger charge is 2.31. The Hall–Kier alpha value is -3.15. The molecule has 29 heavy (non-hydrogen) atoms. The number of methoxy groups -OCH3 is 1. The summed E-state index contributed by atoms with van der Waals surface area (Å²) in [6.07, 6.45) is 4.04. The van der Waals surface area contributed by atoms with Crippen molar-refractivity contribution in [1.82, 2.24) is 0 Å². The van der Waals surface area contributed by atoms with Crippen LogP contribution in [0.15, 0.2) is 41.4 Å². The third-order valence-electron chi connectivity index (χ3n) is 5.38. The molecule has 6 nitrogen and oxygen atoms in total. The van der Waals surface area contributed by atoms with Gasteiger partial charge in [-0.25, -0.2) is 0 Å². The number of benzene rings is 2. The molecule has 2 aromatic carbocycles. The molecule has 0 unspecified atom stereocenters. The van der Waals surface area contributed by atoms with Crippen LogP contribution in [0, 0.1) is 17.0 Å². The number of fused-ring (bicyclic) bond motifs is 1. The molecule has 0 amide bonds. The van der Waals surface area contributed by atoms with Crippen molar-refractivity contribution in [3.8, 4) is 5.75 Å². The molecule has 0 saturated carbocycles. The van der Waals surface area contributed by atoms with Gasteiger partial charge in [-0.2, -0.15) is 0 Å². The van der Waals surface area contributed by atoms with Crippen molar-refractivity contribution in [2.75, 3.05) is 18.6 Å². The molecule has 0 fully saturated rings. The van der Waals surface area contributed by atoms with E-state index in [9.17, 15) is 10.1 Å². The molecule has 0 saturated heterocycles. The number of nitro benzene ring substituents is 1. The maximum Gasteiger partial charge on any atom is 0.269 e. The highest BCUT2D eigenvalue weighted by atomic mass is 16.6. The Bertz CT molecular complexity index is 1020. The molecule has 1 heterocycles. The van der Waals surface area contributed by atoms with E-state index in [2.05, 4.69) is 55.8 Å². The number of anilines is 1. The van der Waals surface area contributed by atoms with Gasteiger partial charge in [0.2, 0.25) is 0 Å². The van der Waals surface area contributed by atoms with Gasteiger partial charge in [-0.15, -0.1) is 0 Å². The molecular formula is C23H27N3O3. The third kappa shape index (κ3) is 3.88. The van der Waals surface area contributed by atoms with Crippen LogP contribution < -0.4 is 9.64 Å². The number of allylic oxidation sites excluding steroid dienone is 1. The Morgan fingerprint density at radius 2 is 1.97 bits per heavy atom. The lowest BCUT2D eigenvalue weighted by atomic mass is 9.88. The predicted molar refractivity (Wildman–Crippen MR) is 119 cm³/mol. The first-order valence-corrected chi connectivity index (χ1v) is 9.66. The van der Waals surface area contributed by atoms with Crippen LogP contribution in [0.4, 0.5) is 17.1 Å². The van der Waals surface area contributed by atoms with Crippen LogP contribution in [0.1, 0.15) is 44.4 Å². The first kappa shape index (κ1) is 20.6. The van der Waals surface area contributed by atoms with Gasteiger partial charge in [0.25, 0.3) is 5.69 Å². The van der Waals surface area contributed by atoms with E-state index in [4.69, 9.17) is 4.74 Å². The van der Waals surface area contributed by atoms with Crippen molar-refractivity contribution in [3.05, 3.63) is 63.2 Å². The largest absolute Gasteiger partial charge is 0.496 e. The van der Waals surface area contributed by atoms with E-state index in [-0.39, 0.29) is 11.2 Å². The molecule has 0 N–H and O–H groups in total. The van der Waals surface area contributed by atoms with Gasteiger partial charge >= 0.3 is 0 Å². The molecule has 0 aliphatic carbocycles. The van der Waals surface area contributed by atoms with Gasteiger partial charge in [0.05, 0.1) is 23.3 Å². The number of nitrogens with zero attached hydrogens (tertiary/aromatic N) is 3. The summed E-state index contributed by atoms with van der Waals surface area (Å²) < 4.78 is 5.65. The summed E-state index contributed by atoms with van der Waals surface area (Å²) in [5.41, 5.74) is 5.84. The number of aryl methyl sites for hydroxylation is 1. The van der Waals surface area contributed by atoms with Crippen molar-refractivity contribution >= 4 is 28.8 Å². The molecule has 6 heteroatoms. The fraction of sp³-hybridized carbons (Fsp3) is 0.348. The summed E-state index contributed by atoms with van der Waals surface area (Å²) in [6, 6.07) is 8.84. The molecule has 0 bridgehead atoms. The van der Waals surface area contributed by atoms with Crippen LogP contribution in [0.5, 0.6) is 5.75 Å². The average Bonchev–Trinajstić information content (AvgIpc) is 2.66. The summed E-state index contributed by atoms with van der Waals surface area (Å²) in [5.74, 6) is 0.746. The predicted octanol–water partition coefficient (Wildman–Crippen LogP) is 5.68. The highest BCUT2D eigenvalue weighted by Crippen LogP contribution is 2.41. The highest BCUT2D eigenvalue weighted by molar-refractivity contribution is 5.92. The molecule has 152 valence electrons. The first-order chi connectivity index (χ1) is 13.7. The summed E-state index contributed by atoms with van der Waals surface area (Å²) >= 11 is 0. The zero-order valence-corrected chi connectivity index (χ0v) is 17.8. The van der Waals surface area contributed by atoms with Crippen LogP contribution in [0.2, 0.25) is 0 Å². The van der Waals surface area contributed by atoms with E-state index in [0.717, 1.165) is 34.7 Å². The van der Waals surface area contributed by atoms with Crippen molar-refractivity contribution < 1.29 is 9.66 Å². The number of nitro groups is 1. The molecule has 1 aliphatic heterocycles. The summed E-state index contributed by atoms with van der Waals surface area (Å²) in [6.45, 7) is 11.4. The third-order valence-corrected chi connectivity index (χ3v) is 5.38. The normalized spacial score (nSPS) is 15.2. The standard InChI is InChI=1S/C23H27N3O3/c1-7-25-21-12-22(29-6)17(11-19(21)16(3)13-23(25,4)5)14-24-20-9-8-18(26(27)28)10-15(20)2/h8-14H,7H2,1-6H3. The average molecular weight is 393 g/mol. The van der Waals surface area contributed by atoms with Crippen molar-refractivity contribution in [3.63, 3.8) is 0 Å². The SMILES string of the molecule is CCN1c2cc(OC)c(C=Nc3ccc([N+](=O)[O-])cc3C)cc2C(C)=CC1(C)C. The number of rotatable bonds is 5. The summed E-state index contributed by atoms with van der Waals surface area (Å²) in [4.78, 5) is 17.5. The number of likely N-dealkylation sites (N-methyl/N-ethyl adjacent to an activating group) is 1. The van der Waals surface area contributed by atoms with Crippen LogP contribution in [0.25, 0.3) is 5.57 Å². The molecule has 0 aromatic heterocycles. The van der Waals surface area contributed by atoms with Gasteiger partial charge in [0.15, 0.2) is 0 Å². The number of hydrogen-bond donors (Lipinski definition) is 0. The number of hydrogen-bond acceptors (Lipinski definition) is 5. The monoisotopic (exact) mass is 393 g/mol. The van der Waals surface area contributed by atoms with Crippen molar-refractivity contribution in [1.29, 1.82) is 0 Å². The Morgan fingerprint density at radius 3 is 2.55 bits per heavy atom. The summed E-state index contributed by atoms with van der Waals surface area (Å²) in [5, 5.41) is 10.9. The van der Waals surface area contributed by atoms with Gasteiger partial charge in [-0.3, -0.25) is 15.1 Å². The Morgan fingerprint density at radius 1 is 1.24 bits per heavy atom. The molecule has 1 aliphatic rings. The summed E-state index contributed by atoms with van der Waals surface area (Å²) in [7, 11) is 1.66. The van der Waals surface area contributed by atoms with E-state index in [0.29, 0.717) is 5.69 Å². The van der Waals surface area contributed by atoms with Gasteiger partial charge in [0, 0.05) is 47.8 Å². The van der Waals surface area contributed by atoms with Gasteiger partial charge < -0.3 is 9.64 Å². The van der Waals surface area contributed by atoms with Crippen LogP contribution in [-0.2, 0) is 0 Å². The molecule has 3 rings (SSSR count). The second-order valence-corrected chi connectivity index (χ2v) is 7.82. The smallest absolute Gasteiger partial charge is 0.269 e. The minimum atomic E-state index is -0.400. The van der Waals surface area contributed by atoms with Crippen LogP contribution in [-0.4, -0.2) is 30.3 Å². The zero-order chi connectivity index (χ0) is 21.3. The number of aliphatic imine (C=N–C) groups is 1. The van der Waals surface area contributed by atoms with Crippen molar-refractivity contribution in [2.45, 2.75) is 40.2 Å². The molecule has 0 radical (unpaired) electrons. The first-order valence-electron chi connectivity index (χ1n) is 9.66. The Labute approximate surface area is 171 Å². The minimum Gasteiger partial charge on any atom is -0.496 e. The Kier molecular flexibility index (Phi) is 5.46. The molecule has 2 aromatic rings. The van der Waals surface area contributed by atoms with E-state index < -0.39 is 4.92 Å². The second-order valence-electron chi connectivity index (χ2n) is 7.82. The zero-order valence-electron chi connectivity index (χ0n) is 17.8. The van der Waals surface area contributed by atoms with E-state index >= 15 is 0 Å². The lowest BCUT2D eigenvalue weighted by Crippen LogP contribution is -2.44. The van der Waals surface area contributed by atoms with E-state index in [1.54, 1.807) is 19.4 Å². The number of non-ortho nitro benzene ring substituents is 1. The van der Waals surface area contributed by atoms with E-state index in [1.165, 1.54) is 17.7 Å². The van der Waals surface area contributed by atoms with Gasteiger partial charge in [0.1, 0.15) is 5.75 Å². The van der Waals surface area contributed by atoms with Gasteiger partial charge in [-0.1, -0.05) is 6.08 Å². The minimum absolute atomic E-state index is 0.0656. The fourth-order valence-corrected chi connectivity index (χ4v) is 4.01. The maximum atomic E-state index is 10.9. The molecule has 0 atom stereocenters. The lowest BCUT2D eigenvalue weighted by molar-refractivity contribution is -0.384. The van der Waals surface area contributed by atoms with Crippen LogP contribution in [0.3, 0.4) is 0 Å². The number of ether oxygens (including phenoxy) is 1.